The Kier molecular flexibility index (Phi) is 5.89. The first-order valence-electron chi connectivity index (χ1n) is 9.55. The molecule has 2 aliphatic rings. The summed E-state index contributed by atoms with van der Waals surface area (Å²) in [6.45, 7) is 1.30. The third kappa shape index (κ3) is 4.31. The molecule has 2 fully saturated rings. The number of nitrogens with zero attached hydrogens (tertiary/aromatic N) is 2. The van der Waals surface area contributed by atoms with Crippen molar-refractivity contribution in [2.45, 2.75) is 23.4 Å². The number of amides is 1. The summed E-state index contributed by atoms with van der Waals surface area (Å²) in [5, 5.41) is 0.492. The standard InChI is InChI=1S/C20H23ClN4O3S/c21-16-6-8-17(9-7-16)29(27,28)25-12-10-24(11-13-25)20(26)19-14-18(22-23-19)15-4-2-1-3-5-15/h1-9,18-19,22-23H,10-14H2. The fourth-order valence-electron chi connectivity index (χ4n) is 3.75. The topological polar surface area (TPSA) is 81.8 Å². The smallest absolute Gasteiger partial charge is 0.243 e. The lowest BCUT2D eigenvalue weighted by molar-refractivity contribution is -0.134. The first-order valence-corrected chi connectivity index (χ1v) is 11.4. The predicted octanol–water partition coefficient (Wildman–Crippen LogP) is 1.78. The molecule has 2 saturated heterocycles. The minimum atomic E-state index is -3.58. The van der Waals surface area contributed by atoms with E-state index in [1.165, 1.54) is 16.4 Å². The van der Waals surface area contributed by atoms with E-state index in [2.05, 4.69) is 10.9 Å². The second-order valence-corrected chi connectivity index (χ2v) is 9.60. The Balaban J connectivity index is 1.35. The predicted molar refractivity (Wildman–Crippen MR) is 111 cm³/mol. The Morgan fingerprint density at radius 1 is 0.931 bits per heavy atom. The van der Waals surface area contributed by atoms with Crippen LogP contribution < -0.4 is 10.9 Å². The van der Waals surface area contributed by atoms with Gasteiger partial charge >= 0.3 is 0 Å². The van der Waals surface area contributed by atoms with Crippen LogP contribution in [0.25, 0.3) is 0 Å². The first kappa shape index (κ1) is 20.3. The molecule has 0 spiro atoms. The zero-order chi connectivity index (χ0) is 20.4. The number of hydrogen-bond donors (Lipinski definition) is 2. The molecule has 1 amide bonds. The summed E-state index contributed by atoms with van der Waals surface area (Å²) in [6, 6.07) is 15.9. The molecule has 0 aliphatic carbocycles. The van der Waals surface area contributed by atoms with E-state index in [9.17, 15) is 13.2 Å². The highest BCUT2D eigenvalue weighted by Gasteiger charge is 2.36. The molecule has 2 aromatic carbocycles. The summed E-state index contributed by atoms with van der Waals surface area (Å²) in [7, 11) is -3.58. The van der Waals surface area contributed by atoms with Gasteiger partial charge in [0.1, 0.15) is 6.04 Å². The third-order valence-corrected chi connectivity index (χ3v) is 7.57. The average Bonchev–Trinajstić information content (AvgIpc) is 3.24. The van der Waals surface area contributed by atoms with Gasteiger partial charge in [-0.1, -0.05) is 41.9 Å². The highest BCUT2D eigenvalue weighted by molar-refractivity contribution is 7.89. The van der Waals surface area contributed by atoms with Crippen molar-refractivity contribution in [1.29, 1.82) is 0 Å². The molecule has 2 aliphatic heterocycles. The van der Waals surface area contributed by atoms with Crippen molar-refractivity contribution in [1.82, 2.24) is 20.1 Å². The molecule has 2 heterocycles. The quantitative estimate of drug-likeness (QED) is 0.766. The van der Waals surface area contributed by atoms with Gasteiger partial charge in [-0.3, -0.25) is 4.79 Å². The summed E-state index contributed by atoms with van der Waals surface area (Å²) in [6.07, 6.45) is 0.659. The maximum atomic E-state index is 12.9. The van der Waals surface area contributed by atoms with E-state index < -0.39 is 10.0 Å². The molecule has 2 unspecified atom stereocenters. The van der Waals surface area contributed by atoms with E-state index in [1.807, 2.05) is 30.3 Å². The highest BCUT2D eigenvalue weighted by atomic mass is 35.5. The van der Waals surface area contributed by atoms with Gasteiger partial charge in [0, 0.05) is 37.2 Å². The molecule has 2 atom stereocenters. The van der Waals surface area contributed by atoms with Gasteiger partial charge in [-0.05, 0) is 36.2 Å². The molecule has 0 aromatic heterocycles. The number of hydrazine groups is 1. The monoisotopic (exact) mass is 434 g/mol. The van der Waals surface area contributed by atoms with Crippen LogP contribution in [0.1, 0.15) is 18.0 Å². The zero-order valence-electron chi connectivity index (χ0n) is 15.8. The van der Waals surface area contributed by atoms with Crippen LogP contribution in [0, 0.1) is 0 Å². The summed E-state index contributed by atoms with van der Waals surface area (Å²) in [5.74, 6) is -0.000489. The van der Waals surface area contributed by atoms with Crippen molar-refractivity contribution in [3.8, 4) is 0 Å². The molecule has 0 saturated carbocycles. The van der Waals surface area contributed by atoms with Crippen LogP contribution in [0.3, 0.4) is 0 Å². The van der Waals surface area contributed by atoms with Crippen molar-refractivity contribution < 1.29 is 13.2 Å². The number of rotatable bonds is 4. The van der Waals surface area contributed by atoms with Gasteiger partial charge in [0.15, 0.2) is 0 Å². The zero-order valence-corrected chi connectivity index (χ0v) is 17.4. The fraction of sp³-hybridized carbons (Fsp3) is 0.350. The molecule has 0 bridgehead atoms. The van der Waals surface area contributed by atoms with Crippen LogP contribution >= 0.6 is 11.6 Å². The SMILES string of the molecule is O=C(C1CC(c2ccccc2)NN1)N1CCN(S(=O)(=O)c2ccc(Cl)cc2)CC1. The molecular weight excluding hydrogens is 412 g/mol. The number of halogens is 1. The van der Waals surface area contributed by atoms with Gasteiger partial charge in [0.05, 0.1) is 4.90 Å². The fourth-order valence-corrected chi connectivity index (χ4v) is 5.30. The van der Waals surface area contributed by atoms with E-state index >= 15 is 0 Å². The molecule has 154 valence electrons. The van der Waals surface area contributed by atoms with Crippen molar-refractivity contribution >= 4 is 27.5 Å². The molecule has 9 heteroatoms. The Bertz CT molecular complexity index is 961. The lowest BCUT2D eigenvalue weighted by Gasteiger charge is -2.35. The Hall–Kier alpha value is -1.97. The summed E-state index contributed by atoms with van der Waals surface area (Å²) < 4.78 is 27.0. The molecule has 2 N–H and O–H groups in total. The van der Waals surface area contributed by atoms with Crippen molar-refractivity contribution in [3.63, 3.8) is 0 Å². The van der Waals surface area contributed by atoms with Crippen LogP contribution in [0.4, 0.5) is 0 Å². The average molecular weight is 435 g/mol. The molecular formula is C20H23ClN4O3S. The van der Waals surface area contributed by atoms with E-state index in [-0.39, 0.29) is 36.0 Å². The normalized spacial score (nSPS) is 23.3. The Morgan fingerprint density at radius 3 is 2.24 bits per heavy atom. The molecule has 2 aromatic rings. The summed E-state index contributed by atoms with van der Waals surface area (Å²) >= 11 is 5.85. The number of piperazine rings is 1. The van der Waals surface area contributed by atoms with Crippen LogP contribution in [-0.4, -0.2) is 55.8 Å². The van der Waals surface area contributed by atoms with Crippen molar-refractivity contribution in [2.24, 2.45) is 0 Å². The minimum absolute atomic E-state index is 0.000489. The minimum Gasteiger partial charge on any atom is -0.339 e. The second-order valence-electron chi connectivity index (χ2n) is 7.22. The van der Waals surface area contributed by atoms with E-state index in [0.717, 1.165) is 5.56 Å². The van der Waals surface area contributed by atoms with Crippen LogP contribution in [-0.2, 0) is 14.8 Å². The molecule has 7 nitrogen and oxygen atoms in total. The van der Waals surface area contributed by atoms with E-state index in [0.29, 0.717) is 24.5 Å². The van der Waals surface area contributed by atoms with Gasteiger partial charge in [-0.25, -0.2) is 19.3 Å². The van der Waals surface area contributed by atoms with Gasteiger partial charge in [-0.2, -0.15) is 4.31 Å². The van der Waals surface area contributed by atoms with Crippen molar-refractivity contribution in [2.75, 3.05) is 26.2 Å². The van der Waals surface area contributed by atoms with Crippen LogP contribution in [0.15, 0.2) is 59.5 Å². The Morgan fingerprint density at radius 2 is 1.59 bits per heavy atom. The van der Waals surface area contributed by atoms with Crippen molar-refractivity contribution in [3.05, 3.63) is 65.2 Å². The lowest BCUT2D eigenvalue weighted by Crippen LogP contribution is -2.54. The first-order chi connectivity index (χ1) is 13.9. The second kappa shape index (κ2) is 8.41. The van der Waals surface area contributed by atoms with Gasteiger partial charge in [0.25, 0.3) is 0 Å². The maximum absolute atomic E-state index is 12.9. The van der Waals surface area contributed by atoms with Gasteiger partial charge in [0.2, 0.25) is 15.9 Å². The summed E-state index contributed by atoms with van der Waals surface area (Å²) in [5.41, 5.74) is 7.41. The largest absolute Gasteiger partial charge is 0.339 e. The molecule has 0 radical (unpaired) electrons. The van der Waals surface area contributed by atoms with Crippen LogP contribution in [0.5, 0.6) is 0 Å². The number of carbonyl (C=O) groups excluding carboxylic acids is 1. The lowest BCUT2D eigenvalue weighted by atomic mass is 10.0. The number of hydrogen-bond acceptors (Lipinski definition) is 5. The van der Waals surface area contributed by atoms with Gasteiger partial charge < -0.3 is 4.90 Å². The molecule has 4 rings (SSSR count). The number of carbonyl (C=O) groups is 1. The number of nitrogens with one attached hydrogen (secondary N) is 2. The van der Waals surface area contributed by atoms with E-state index in [1.54, 1.807) is 17.0 Å². The number of benzene rings is 2. The highest BCUT2D eigenvalue weighted by Crippen LogP contribution is 2.24. The van der Waals surface area contributed by atoms with Gasteiger partial charge in [-0.15, -0.1) is 0 Å². The third-order valence-electron chi connectivity index (χ3n) is 5.40. The van der Waals surface area contributed by atoms with E-state index in [4.69, 9.17) is 11.6 Å². The van der Waals surface area contributed by atoms with Crippen LogP contribution in [0.2, 0.25) is 5.02 Å². The molecule has 29 heavy (non-hydrogen) atoms. The Labute approximate surface area is 175 Å². The number of sulfonamides is 1. The maximum Gasteiger partial charge on any atom is 0.243 e. The summed E-state index contributed by atoms with van der Waals surface area (Å²) in [4.78, 5) is 14.8.